The van der Waals surface area contributed by atoms with Gasteiger partial charge in [0.2, 0.25) is 15.9 Å². The molecule has 1 aliphatic heterocycles. The molecule has 2 atom stereocenters. The van der Waals surface area contributed by atoms with Crippen LogP contribution in [0.5, 0.6) is 0 Å². The summed E-state index contributed by atoms with van der Waals surface area (Å²) in [5, 5.41) is 5.57. The topological polar surface area (TPSA) is 104 Å². The van der Waals surface area contributed by atoms with Crippen molar-refractivity contribution in [2.75, 3.05) is 6.54 Å². The van der Waals surface area contributed by atoms with Crippen LogP contribution in [0, 0.1) is 5.92 Å². The summed E-state index contributed by atoms with van der Waals surface area (Å²) in [5.41, 5.74) is 0.187. The van der Waals surface area contributed by atoms with E-state index in [1.54, 1.807) is 0 Å². The van der Waals surface area contributed by atoms with Gasteiger partial charge >= 0.3 is 0 Å². The molecule has 3 N–H and O–H groups in total. The van der Waals surface area contributed by atoms with E-state index in [0.717, 1.165) is 13.0 Å². The van der Waals surface area contributed by atoms with Gasteiger partial charge in [-0.25, -0.2) is 8.42 Å². The van der Waals surface area contributed by atoms with Crippen molar-refractivity contribution in [3.05, 3.63) is 35.9 Å². The van der Waals surface area contributed by atoms with Crippen molar-refractivity contribution in [3.8, 4) is 0 Å². The van der Waals surface area contributed by atoms with Crippen molar-refractivity contribution in [3.63, 3.8) is 0 Å². The second-order valence-corrected chi connectivity index (χ2v) is 9.96. The van der Waals surface area contributed by atoms with E-state index in [9.17, 15) is 18.0 Å². The Bertz CT molecular complexity index is 832. The summed E-state index contributed by atoms with van der Waals surface area (Å²) < 4.78 is 26.1. The number of sulfonamides is 1. The Kier molecular flexibility index (Phi) is 4.71. The molecule has 146 valence electrons. The highest BCUT2D eigenvalue weighted by Gasteiger charge is 2.54. The van der Waals surface area contributed by atoms with Crippen LogP contribution in [0.15, 0.2) is 30.3 Å². The van der Waals surface area contributed by atoms with Gasteiger partial charge in [0.1, 0.15) is 5.54 Å². The van der Waals surface area contributed by atoms with Crippen molar-refractivity contribution in [2.45, 2.75) is 55.4 Å². The van der Waals surface area contributed by atoms with Crippen LogP contribution in [0.1, 0.15) is 37.7 Å². The first-order valence-corrected chi connectivity index (χ1v) is 11.1. The average molecular weight is 391 g/mol. The van der Waals surface area contributed by atoms with Crippen LogP contribution in [-0.4, -0.2) is 43.6 Å². The highest BCUT2D eigenvalue weighted by atomic mass is 32.2. The van der Waals surface area contributed by atoms with Crippen molar-refractivity contribution >= 4 is 21.8 Å². The number of carbonyl (C=O) groups excluding carboxylic acids is 2. The number of benzene rings is 1. The summed E-state index contributed by atoms with van der Waals surface area (Å²) in [6.45, 7) is 0.752. The van der Waals surface area contributed by atoms with Gasteiger partial charge in [-0.1, -0.05) is 30.3 Å². The van der Waals surface area contributed by atoms with Gasteiger partial charge in [-0.05, 0) is 56.6 Å². The summed E-state index contributed by atoms with van der Waals surface area (Å²) in [4.78, 5) is 25.0. The van der Waals surface area contributed by atoms with Crippen LogP contribution in [0.2, 0.25) is 0 Å². The molecule has 27 heavy (non-hydrogen) atoms. The molecule has 1 heterocycles. The Balaban J connectivity index is 1.30. The van der Waals surface area contributed by atoms with E-state index in [1.165, 1.54) is 5.56 Å². The smallest absolute Gasteiger partial charge is 0.259 e. The van der Waals surface area contributed by atoms with Crippen LogP contribution in [-0.2, 0) is 26.0 Å². The number of carbonyl (C=O) groups is 2. The number of nitrogens with one attached hydrogen (secondary N) is 3. The third-order valence-corrected chi connectivity index (χ3v) is 7.47. The van der Waals surface area contributed by atoms with E-state index in [4.69, 9.17) is 0 Å². The van der Waals surface area contributed by atoms with E-state index < -0.39 is 26.7 Å². The number of rotatable bonds is 7. The van der Waals surface area contributed by atoms with E-state index in [-0.39, 0.29) is 11.9 Å². The van der Waals surface area contributed by atoms with Gasteiger partial charge in [-0.2, -0.15) is 0 Å². The molecule has 1 saturated heterocycles. The van der Waals surface area contributed by atoms with Crippen LogP contribution >= 0.6 is 0 Å². The van der Waals surface area contributed by atoms with Gasteiger partial charge < -0.3 is 10.6 Å². The lowest BCUT2D eigenvalue weighted by atomic mass is 9.96. The molecule has 2 saturated carbocycles. The lowest BCUT2D eigenvalue weighted by Crippen LogP contribution is -2.54. The Morgan fingerprint density at radius 2 is 1.85 bits per heavy atom. The highest BCUT2D eigenvalue weighted by Crippen LogP contribution is 2.37. The van der Waals surface area contributed by atoms with Gasteiger partial charge in [0, 0.05) is 0 Å². The molecule has 2 aliphatic carbocycles. The fraction of sp³-hybridized carbons (Fsp3) is 0.579. The Morgan fingerprint density at radius 1 is 1.15 bits per heavy atom. The van der Waals surface area contributed by atoms with Gasteiger partial charge in [-0.15, -0.1) is 0 Å². The third kappa shape index (κ3) is 4.16. The van der Waals surface area contributed by atoms with Crippen molar-refractivity contribution in [1.29, 1.82) is 0 Å². The zero-order chi connectivity index (χ0) is 19.1. The summed E-state index contributed by atoms with van der Waals surface area (Å²) in [6, 6.07) is 9.81. The molecule has 3 aliphatic rings. The van der Waals surface area contributed by atoms with Crippen LogP contribution in [0.4, 0.5) is 0 Å². The minimum Gasteiger partial charge on any atom is -0.340 e. The van der Waals surface area contributed by atoms with E-state index >= 15 is 0 Å². The largest absolute Gasteiger partial charge is 0.340 e. The normalized spacial score (nSPS) is 26.4. The number of hydrogen-bond acceptors (Lipinski definition) is 5. The minimum absolute atomic E-state index is 0.220. The Labute approximate surface area is 159 Å². The molecular weight excluding hydrogens is 366 g/mol. The molecule has 0 unspecified atom stereocenters. The van der Waals surface area contributed by atoms with Gasteiger partial charge in [0.15, 0.2) is 0 Å². The third-order valence-electron chi connectivity index (χ3n) is 5.65. The molecule has 4 rings (SSSR count). The number of amides is 2. The molecule has 3 fully saturated rings. The maximum absolute atomic E-state index is 12.6. The molecule has 1 aromatic carbocycles. The zero-order valence-electron chi connectivity index (χ0n) is 15.1. The fourth-order valence-corrected chi connectivity index (χ4v) is 5.03. The maximum atomic E-state index is 12.6. The van der Waals surface area contributed by atoms with Crippen molar-refractivity contribution in [1.82, 2.24) is 15.4 Å². The monoisotopic (exact) mass is 391 g/mol. The Hall–Kier alpha value is -1.93. The van der Waals surface area contributed by atoms with Crippen LogP contribution in [0.3, 0.4) is 0 Å². The molecule has 7 nitrogen and oxygen atoms in total. The zero-order valence-corrected chi connectivity index (χ0v) is 15.9. The molecule has 0 bridgehead atoms. The summed E-state index contributed by atoms with van der Waals surface area (Å²) >= 11 is 0. The van der Waals surface area contributed by atoms with Gasteiger partial charge in [0.05, 0.1) is 11.3 Å². The van der Waals surface area contributed by atoms with E-state index in [1.807, 2.05) is 18.2 Å². The summed E-state index contributed by atoms with van der Waals surface area (Å²) in [7, 11) is -3.59. The minimum atomic E-state index is -3.59. The maximum Gasteiger partial charge on any atom is 0.259 e. The predicted molar refractivity (Wildman–Crippen MR) is 100 cm³/mol. The van der Waals surface area contributed by atoms with Crippen molar-refractivity contribution in [2.24, 2.45) is 5.92 Å². The van der Waals surface area contributed by atoms with E-state index in [2.05, 4.69) is 27.5 Å². The second-order valence-electron chi connectivity index (χ2n) is 8.00. The average Bonchev–Trinajstić information content (AvgIpc) is 3.55. The van der Waals surface area contributed by atoms with Gasteiger partial charge in [0.25, 0.3) is 5.91 Å². The summed E-state index contributed by atoms with van der Waals surface area (Å²) in [6.07, 6.45) is 3.76. The van der Waals surface area contributed by atoms with E-state index in [0.29, 0.717) is 38.0 Å². The first-order chi connectivity index (χ1) is 12.9. The SMILES string of the molecule is O=C(NC1(C(=O)NS(=O)(=O)C2CC2)CC1)[C@@H]1C[C@@H](Cc2ccccc2)CN1. The molecule has 0 radical (unpaired) electrons. The molecule has 0 spiro atoms. The summed E-state index contributed by atoms with van der Waals surface area (Å²) in [5.74, 6) is -0.453. The molecule has 1 aromatic rings. The standard InChI is InChI=1S/C19H25N3O4S/c23-17(16-11-14(12-20-16)10-13-4-2-1-3-5-13)21-19(8-9-19)18(24)22-27(25,26)15-6-7-15/h1-5,14-16,20H,6-12H2,(H,21,23)(H,22,24)/t14-,16+/m1/s1. The van der Waals surface area contributed by atoms with Crippen LogP contribution in [0.25, 0.3) is 0 Å². The molecular formula is C19H25N3O4S. The predicted octanol–water partition coefficient (Wildman–Crippen LogP) is 0.464. The van der Waals surface area contributed by atoms with Gasteiger partial charge in [-0.3, -0.25) is 14.3 Å². The fourth-order valence-electron chi connectivity index (χ4n) is 3.66. The Morgan fingerprint density at radius 3 is 2.48 bits per heavy atom. The molecule has 2 amide bonds. The second kappa shape index (κ2) is 6.91. The highest BCUT2D eigenvalue weighted by molar-refractivity contribution is 7.90. The first-order valence-electron chi connectivity index (χ1n) is 9.53. The lowest BCUT2D eigenvalue weighted by molar-refractivity contribution is -0.130. The van der Waals surface area contributed by atoms with Crippen molar-refractivity contribution < 1.29 is 18.0 Å². The lowest BCUT2D eigenvalue weighted by Gasteiger charge is -2.20. The molecule has 0 aromatic heterocycles. The number of hydrogen-bond donors (Lipinski definition) is 3. The van der Waals surface area contributed by atoms with Crippen LogP contribution < -0.4 is 15.4 Å². The first kappa shape index (κ1) is 18.4. The molecule has 8 heteroatoms. The quantitative estimate of drug-likeness (QED) is 0.627.